The van der Waals surface area contributed by atoms with Gasteiger partial charge in [-0.15, -0.1) is 0 Å². The average Bonchev–Trinajstić information content (AvgIpc) is 3.91. The lowest BCUT2D eigenvalue weighted by molar-refractivity contribution is 1.15. The maximum atomic E-state index is 2.45. The minimum atomic E-state index is 1.14. The highest BCUT2D eigenvalue weighted by Crippen LogP contribution is 2.41. The smallest absolute Gasteiger partial charge is 0.0561 e. The molecule has 0 atom stereocenters. The van der Waals surface area contributed by atoms with Crippen LogP contribution in [0.5, 0.6) is 0 Å². The third-order valence-corrected chi connectivity index (χ3v) is 11.8. The van der Waals surface area contributed by atoms with Crippen molar-refractivity contribution < 1.29 is 0 Å². The molecule has 0 saturated heterocycles. The Morgan fingerprint density at radius 1 is 0.193 bits per heavy atom. The van der Waals surface area contributed by atoms with Crippen molar-refractivity contribution in [3.8, 4) is 39.3 Å². The van der Waals surface area contributed by atoms with Gasteiger partial charge in [0.05, 0.1) is 33.1 Å². The van der Waals surface area contributed by atoms with Gasteiger partial charge in [-0.05, 0) is 101 Å². The number of benzene rings is 9. The third kappa shape index (κ3) is 4.86. The van der Waals surface area contributed by atoms with Crippen LogP contribution in [0.2, 0.25) is 0 Å². The van der Waals surface area contributed by atoms with Crippen molar-refractivity contribution >= 4 is 65.4 Å². The van der Waals surface area contributed by atoms with Crippen molar-refractivity contribution in [2.24, 2.45) is 0 Å². The van der Waals surface area contributed by atoms with Crippen LogP contribution in [-0.4, -0.2) is 13.7 Å². The van der Waals surface area contributed by atoms with E-state index in [1.54, 1.807) is 0 Å². The first-order chi connectivity index (χ1) is 28.3. The van der Waals surface area contributed by atoms with Crippen LogP contribution in [0, 0.1) is 0 Å². The zero-order valence-electron chi connectivity index (χ0n) is 31.0. The van der Waals surface area contributed by atoms with Gasteiger partial charge in [-0.25, -0.2) is 0 Å². The van der Waals surface area contributed by atoms with Crippen LogP contribution in [0.3, 0.4) is 0 Å². The van der Waals surface area contributed by atoms with E-state index in [-0.39, 0.29) is 0 Å². The van der Waals surface area contributed by atoms with Crippen molar-refractivity contribution in [3.63, 3.8) is 0 Å². The zero-order chi connectivity index (χ0) is 37.5. The number of rotatable bonds is 5. The topological polar surface area (TPSA) is 14.8 Å². The van der Waals surface area contributed by atoms with E-state index >= 15 is 0 Å². The SMILES string of the molecule is c1ccc(-c2ccc3c(c2)c2cc(-c4ccc5c6ccccc6n(-c6ccccc6)c5c4)ccc2n3-c2ccc3c4ccccc4n(-c4ccccc4)c3c2)cc1. The lowest BCUT2D eigenvalue weighted by Crippen LogP contribution is -1.97. The summed E-state index contributed by atoms with van der Waals surface area (Å²) in [7, 11) is 0. The highest BCUT2D eigenvalue weighted by Gasteiger charge is 2.19. The summed E-state index contributed by atoms with van der Waals surface area (Å²) in [5.41, 5.74) is 15.4. The molecule has 0 aliphatic rings. The summed E-state index contributed by atoms with van der Waals surface area (Å²) in [5, 5.41) is 7.48. The molecule has 0 fully saturated rings. The summed E-state index contributed by atoms with van der Waals surface area (Å²) in [6.45, 7) is 0. The fourth-order valence-electron chi connectivity index (χ4n) is 9.25. The zero-order valence-corrected chi connectivity index (χ0v) is 31.0. The minimum absolute atomic E-state index is 1.14. The van der Waals surface area contributed by atoms with Gasteiger partial charge in [0, 0.05) is 49.4 Å². The Balaban J connectivity index is 1.10. The second-order valence-electron chi connectivity index (χ2n) is 15.0. The van der Waals surface area contributed by atoms with E-state index in [4.69, 9.17) is 0 Å². The molecule has 3 nitrogen and oxygen atoms in total. The summed E-state index contributed by atoms with van der Waals surface area (Å²) < 4.78 is 7.25. The molecule has 0 bridgehead atoms. The van der Waals surface area contributed by atoms with Crippen LogP contribution in [-0.2, 0) is 0 Å². The van der Waals surface area contributed by atoms with Crippen LogP contribution < -0.4 is 0 Å². The van der Waals surface area contributed by atoms with Crippen LogP contribution in [0.15, 0.2) is 212 Å². The molecular weight excluding hydrogens is 691 g/mol. The minimum Gasteiger partial charge on any atom is -0.309 e. The van der Waals surface area contributed by atoms with Gasteiger partial charge in [0.15, 0.2) is 0 Å². The van der Waals surface area contributed by atoms with Gasteiger partial charge < -0.3 is 13.7 Å². The van der Waals surface area contributed by atoms with Crippen LogP contribution in [0.1, 0.15) is 0 Å². The lowest BCUT2D eigenvalue weighted by Gasteiger charge is -2.12. The molecule has 266 valence electrons. The number of aromatic nitrogens is 3. The number of nitrogens with zero attached hydrogens (tertiary/aromatic N) is 3. The number of fused-ring (bicyclic) bond motifs is 9. The molecule has 3 heterocycles. The van der Waals surface area contributed by atoms with E-state index in [2.05, 4.69) is 226 Å². The van der Waals surface area contributed by atoms with Crippen molar-refractivity contribution in [1.82, 2.24) is 13.7 Å². The summed E-state index contributed by atoms with van der Waals surface area (Å²) in [4.78, 5) is 0. The summed E-state index contributed by atoms with van der Waals surface area (Å²) >= 11 is 0. The molecule has 0 radical (unpaired) electrons. The molecule has 0 aliphatic heterocycles. The van der Waals surface area contributed by atoms with E-state index in [1.165, 1.54) is 87.7 Å². The lowest BCUT2D eigenvalue weighted by atomic mass is 9.99. The van der Waals surface area contributed by atoms with Crippen molar-refractivity contribution in [1.29, 1.82) is 0 Å². The van der Waals surface area contributed by atoms with Gasteiger partial charge >= 0.3 is 0 Å². The number of hydrogen-bond acceptors (Lipinski definition) is 0. The first-order valence-electron chi connectivity index (χ1n) is 19.6. The van der Waals surface area contributed by atoms with Crippen LogP contribution in [0.4, 0.5) is 0 Å². The Labute approximate surface area is 329 Å². The van der Waals surface area contributed by atoms with Gasteiger partial charge in [-0.3, -0.25) is 0 Å². The molecule has 0 aliphatic carbocycles. The fraction of sp³-hybridized carbons (Fsp3) is 0. The molecule has 0 N–H and O–H groups in total. The first kappa shape index (κ1) is 31.7. The van der Waals surface area contributed by atoms with Crippen LogP contribution in [0.25, 0.3) is 105 Å². The molecule has 0 saturated carbocycles. The first-order valence-corrected chi connectivity index (χ1v) is 19.6. The number of para-hydroxylation sites is 4. The van der Waals surface area contributed by atoms with E-state index < -0.39 is 0 Å². The third-order valence-electron chi connectivity index (χ3n) is 11.8. The van der Waals surface area contributed by atoms with Gasteiger partial charge in [0.2, 0.25) is 0 Å². The molecule has 3 heteroatoms. The van der Waals surface area contributed by atoms with Crippen LogP contribution >= 0.6 is 0 Å². The Kier molecular flexibility index (Phi) is 6.93. The number of hydrogen-bond donors (Lipinski definition) is 0. The normalized spacial score (nSPS) is 11.9. The van der Waals surface area contributed by atoms with Crippen molar-refractivity contribution in [2.45, 2.75) is 0 Å². The second-order valence-corrected chi connectivity index (χ2v) is 15.0. The predicted octanol–water partition coefficient (Wildman–Crippen LogP) is 14.3. The van der Waals surface area contributed by atoms with Crippen molar-refractivity contribution in [2.75, 3.05) is 0 Å². The quantitative estimate of drug-likeness (QED) is 0.168. The standard InChI is InChI=1S/C54H35N3/c1-4-14-36(15-5-1)37-25-30-51-47(32-37)48-33-38(39-24-28-45-43-20-10-12-22-49(43)55(53(45)34-39)40-16-6-2-7-17-40)26-31-52(48)57(51)42-27-29-46-44-21-11-13-23-50(44)56(54(46)35-42)41-18-8-3-9-19-41/h1-35H. The molecule has 9 aromatic carbocycles. The maximum Gasteiger partial charge on any atom is 0.0561 e. The van der Waals surface area contributed by atoms with E-state index in [9.17, 15) is 0 Å². The monoisotopic (exact) mass is 725 g/mol. The molecule has 57 heavy (non-hydrogen) atoms. The van der Waals surface area contributed by atoms with Gasteiger partial charge in [-0.1, -0.05) is 133 Å². The van der Waals surface area contributed by atoms with E-state index in [0.717, 1.165) is 17.1 Å². The Hall–Kier alpha value is -7.62. The summed E-state index contributed by atoms with van der Waals surface area (Å²) in [5.74, 6) is 0. The van der Waals surface area contributed by atoms with Crippen molar-refractivity contribution in [3.05, 3.63) is 212 Å². The van der Waals surface area contributed by atoms with E-state index in [1.807, 2.05) is 0 Å². The Morgan fingerprint density at radius 3 is 1.16 bits per heavy atom. The largest absolute Gasteiger partial charge is 0.309 e. The molecule has 0 amide bonds. The summed E-state index contributed by atoms with van der Waals surface area (Å²) in [6, 6.07) is 77.5. The maximum absolute atomic E-state index is 2.45. The Morgan fingerprint density at radius 2 is 0.579 bits per heavy atom. The average molecular weight is 726 g/mol. The summed E-state index contributed by atoms with van der Waals surface area (Å²) in [6.07, 6.45) is 0. The van der Waals surface area contributed by atoms with Gasteiger partial charge in [0.1, 0.15) is 0 Å². The fourth-order valence-corrected chi connectivity index (χ4v) is 9.25. The van der Waals surface area contributed by atoms with E-state index in [0.29, 0.717) is 0 Å². The molecule has 12 rings (SSSR count). The highest BCUT2D eigenvalue weighted by molar-refractivity contribution is 6.14. The molecule has 0 unspecified atom stereocenters. The van der Waals surface area contributed by atoms with Gasteiger partial charge in [-0.2, -0.15) is 0 Å². The molecule has 12 aromatic rings. The highest BCUT2D eigenvalue weighted by atomic mass is 15.0. The molecule has 3 aromatic heterocycles. The molecule has 0 spiro atoms. The second kappa shape index (κ2) is 12.5. The predicted molar refractivity (Wildman–Crippen MR) is 240 cm³/mol. The molecular formula is C54H35N3. The Bertz CT molecular complexity index is 3500. The van der Waals surface area contributed by atoms with Gasteiger partial charge in [0.25, 0.3) is 0 Å².